The second-order valence-corrected chi connectivity index (χ2v) is 8.11. The summed E-state index contributed by atoms with van der Waals surface area (Å²) in [5.41, 5.74) is 7.08. The molecule has 0 bridgehead atoms. The second-order valence-electron chi connectivity index (χ2n) is 8.11. The molecule has 5 heteroatoms. The van der Waals surface area contributed by atoms with E-state index in [2.05, 4.69) is 40.0 Å². The van der Waals surface area contributed by atoms with Crippen LogP contribution in [0.5, 0.6) is 0 Å². The molecule has 0 radical (unpaired) electrons. The number of aromatic nitrogens is 1. The maximum Gasteiger partial charge on any atom is 0.255 e. The van der Waals surface area contributed by atoms with Crippen molar-refractivity contribution >= 4 is 45.2 Å². The minimum atomic E-state index is -0.168. The number of hydrogen-bond donors (Lipinski definition) is 3. The maximum absolute atomic E-state index is 12.9. The highest BCUT2D eigenvalue weighted by Gasteiger charge is 2.09. The van der Waals surface area contributed by atoms with Gasteiger partial charge in [0, 0.05) is 45.6 Å². The summed E-state index contributed by atoms with van der Waals surface area (Å²) >= 11 is 0. The standard InChI is InChI=1S/C29H24N4O/c1-20-13-14-27-26(17-20)28(15-16-30-27)32-24-11-6-12-25(19-24)33-29(34)21-7-5-10-23(18-21)31-22-8-3-2-4-9-22/h2-19,31H,1H3,(H,30,32)(H,33,34). The third-order valence-corrected chi connectivity index (χ3v) is 5.48. The summed E-state index contributed by atoms with van der Waals surface area (Å²) in [6.45, 7) is 2.07. The molecule has 0 fully saturated rings. The number of carbonyl (C=O) groups excluding carboxylic acids is 1. The van der Waals surface area contributed by atoms with E-state index in [0.29, 0.717) is 11.3 Å². The average Bonchev–Trinajstić information content (AvgIpc) is 2.85. The molecule has 34 heavy (non-hydrogen) atoms. The zero-order valence-corrected chi connectivity index (χ0v) is 18.7. The van der Waals surface area contributed by atoms with Crippen LogP contribution in [0.4, 0.5) is 28.4 Å². The van der Waals surface area contributed by atoms with E-state index >= 15 is 0 Å². The largest absolute Gasteiger partial charge is 0.356 e. The minimum Gasteiger partial charge on any atom is -0.356 e. The molecule has 1 aromatic heterocycles. The molecule has 0 saturated carbocycles. The summed E-state index contributed by atoms with van der Waals surface area (Å²) in [6, 6.07) is 33.2. The van der Waals surface area contributed by atoms with E-state index in [-0.39, 0.29) is 5.91 Å². The molecule has 0 spiro atoms. The number of rotatable bonds is 6. The predicted molar refractivity (Wildman–Crippen MR) is 140 cm³/mol. The van der Waals surface area contributed by atoms with Gasteiger partial charge in [0.1, 0.15) is 0 Å². The monoisotopic (exact) mass is 444 g/mol. The first-order valence-electron chi connectivity index (χ1n) is 11.1. The topological polar surface area (TPSA) is 66.0 Å². The number of anilines is 5. The van der Waals surface area contributed by atoms with Crippen molar-refractivity contribution in [2.75, 3.05) is 16.0 Å². The molecule has 1 amide bonds. The second kappa shape index (κ2) is 9.46. The lowest BCUT2D eigenvalue weighted by atomic mass is 10.1. The molecular weight excluding hydrogens is 420 g/mol. The smallest absolute Gasteiger partial charge is 0.255 e. The Morgan fingerprint density at radius 3 is 2.26 bits per heavy atom. The van der Waals surface area contributed by atoms with E-state index in [1.807, 2.05) is 84.9 Å². The van der Waals surface area contributed by atoms with Gasteiger partial charge in [-0.3, -0.25) is 9.78 Å². The Morgan fingerprint density at radius 1 is 0.676 bits per heavy atom. The fraction of sp³-hybridized carbons (Fsp3) is 0.0345. The fourth-order valence-corrected chi connectivity index (χ4v) is 3.83. The highest BCUT2D eigenvalue weighted by atomic mass is 16.1. The molecule has 0 aliphatic rings. The molecular formula is C29H24N4O. The molecule has 4 aromatic carbocycles. The number of pyridine rings is 1. The first-order valence-corrected chi connectivity index (χ1v) is 11.1. The van der Waals surface area contributed by atoms with Gasteiger partial charge >= 0.3 is 0 Å². The number of benzene rings is 4. The van der Waals surface area contributed by atoms with Crippen LogP contribution >= 0.6 is 0 Å². The summed E-state index contributed by atoms with van der Waals surface area (Å²) in [6.07, 6.45) is 1.79. The van der Waals surface area contributed by atoms with Crippen LogP contribution in [0, 0.1) is 6.92 Å². The number of hydrogen-bond acceptors (Lipinski definition) is 4. The van der Waals surface area contributed by atoms with Gasteiger partial charge in [-0.1, -0.05) is 42.0 Å². The fourth-order valence-electron chi connectivity index (χ4n) is 3.83. The Morgan fingerprint density at radius 2 is 1.41 bits per heavy atom. The van der Waals surface area contributed by atoms with Crippen LogP contribution < -0.4 is 16.0 Å². The van der Waals surface area contributed by atoms with E-state index in [1.165, 1.54) is 5.56 Å². The van der Waals surface area contributed by atoms with Crippen LogP contribution in [0.1, 0.15) is 15.9 Å². The third-order valence-electron chi connectivity index (χ3n) is 5.48. The summed E-state index contributed by atoms with van der Waals surface area (Å²) in [7, 11) is 0. The van der Waals surface area contributed by atoms with Crippen LogP contribution in [-0.2, 0) is 0 Å². The Balaban J connectivity index is 1.32. The van der Waals surface area contributed by atoms with Crippen molar-refractivity contribution in [1.82, 2.24) is 4.98 Å². The Bertz CT molecular complexity index is 1460. The summed E-state index contributed by atoms with van der Waals surface area (Å²) < 4.78 is 0. The van der Waals surface area contributed by atoms with Crippen LogP contribution in [0.2, 0.25) is 0 Å². The lowest BCUT2D eigenvalue weighted by molar-refractivity contribution is 0.102. The molecule has 166 valence electrons. The number of carbonyl (C=O) groups is 1. The van der Waals surface area contributed by atoms with Gasteiger partial charge in [-0.15, -0.1) is 0 Å². The van der Waals surface area contributed by atoms with Crippen LogP contribution in [-0.4, -0.2) is 10.9 Å². The van der Waals surface area contributed by atoms with Crippen LogP contribution in [0.3, 0.4) is 0 Å². The van der Waals surface area contributed by atoms with Crippen LogP contribution in [0.25, 0.3) is 10.9 Å². The molecule has 1 heterocycles. The van der Waals surface area contributed by atoms with Crippen molar-refractivity contribution in [3.8, 4) is 0 Å². The van der Waals surface area contributed by atoms with Crippen molar-refractivity contribution < 1.29 is 4.79 Å². The third kappa shape index (κ3) is 4.89. The van der Waals surface area contributed by atoms with Crippen molar-refractivity contribution in [3.63, 3.8) is 0 Å². The maximum atomic E-state index is 12.9. The van der Waals surface area contributed by atoms with Gasteiger partial charge in [0.05, 0.1) is 5.52 Å². The highest BCUT2D eigenvalue weighted by molar-refractivity contribution is 6.05. The van der Waals surface area contributed by atoms with Crippen molar-refractivity contribution in [3.05, 3.63) is 120 Å². The van der Waals surface area contributed by atoms with E-state index in [4.69, 9.17) is 0 Å². The first kappa shape index (κ1) is 21.2. The number of para-hydroxylation sites is 1. The van der Waals surface area contributed by atoms with Gasteiger partial charge in [-0.25, -0.2) is 0 Å². The zero-order chi connectivity index (χ0) is 23.3. The van der Waals surface area contributed by atoms with Gasteiger partial charge in [0.25, 0.3) is 5.91 Å². The van der Waals surface area contributed by atoms with Gasteiger partial charge in [-0.05, 0) is 73.7 Å². The molecule has 0 atom stereocenters. The van der Waals surface area contributed by atoms with Crippen LogP contribution in [0.15, 0.2) is 109 Å². The number of aryl methyl sites for hydroxylation is 1. The number of nitrogens with zero attached hydrogens (tertiary/aromatic N) is 1. The average molecular weight is 445 g/mol. The quantitative estimate of drug-likeness (QED) is 0.257. The Hall–Kier alpha value is -4.64. The van der Waals surface area contributed by atoms with Gasteiger partial charge < -0.3 is 16.0 Å². The van der Waals surface area contributed by atoms with E-state index in [9.17, 15) is 4.79 Å². The lowest BCUT2D eigenvalue weighted by Crippen LogP contribution is -2.12. The summed E-state index contributed by atoms with van der Waals surface area (Å²) in [5.74, 6) is -0.168. The molecule has 0 aliphatic heterocycles. The van der Waals surface area contributed by atoms with E-state index in [0.717, 1.165) is 33.7 Å². The molecule has 0 saturated heterocycles. The predicted octanol–water partition coefficient (Wildman–Crippen LogP) is 7.28. The van der Waals surface area contributed by atoms with Crippen molar-refractivity contribution in [2.24, 2.45) is 0 Å². The minimum absolute atomic E-state index is 0.168. The highest BCUT2D eigenvalue weighted by Crippen LogP contribution is 2.27. The molecule has 3 N–H and O–H groups in total. The molecule has 5 rings (SSSR count). The first-order chi connectivity index (χ1) is 16.6. The summed E-state index contributed by atoms with van der Waals surface area (Å²) in [5, 5.41) is 10.8. The van der Waals surface area contributed by atoms with Gasteiger partial charge in [0.15, 0.2) is 0 Å². The SMILES string of the molecule is Cc1ccc2nccc(Nc3cccc(NC(=O)c4cccc(Nc5ccccc5)c4)c3)c2c1. The summed E-state index contributed by atoms with van der Waals surface area (Å²) in [4.78, 5) is 17.4. The molecule has 5 aromatic rings. The Kier molecular flexibility index (Phi) is 5.91. The molecule has 0 aliphatic carbocycles. The number of amides is 1. The van der Waals surface area contributed by atoms with E-state index in [1.54, 1.807) is 12.3 Å². The number of nitrogens with one attached hydrogen (secondary N) is 3. The van der Waals surface area contributed by atoms with Gasteiger partial charge in [-0.2, -0.15) is 0 Å². The lowest BCUT2D eigenvalue weighted by Gasteiger charge is -2.12. The Labute approximate surface area is 198 Å². The number of fused-ring (bicyclic) bond motifs is 1. The molecule has 0 unspecified atom stereocenters. The van der Waals surface area contributed by atoms with Gasteiger partial charge in [0.2, 0.25) is 0 Å². The van der Waals surface area contributed by atoms with E-state index < -0.39 is 0 Å². The van der Waals surface area contributed by atoms with Crippen molar-refractivity contribution in [1.29, 1.82) is 0 Å². The molecule has 5 nitrogen and oxygen atoms in total. The zero-order valence-electron chi connectivity index (χ0n) is 18.7. The normalized spacial score (nSPS) is 10.6. The van der Waals surface area contributed by atoms with Crippen molar-refractivity contribution in [2.45, 2.75) is 6.92 Å².